The van der Waals surface area contributed by atoms with Gasteiger partial charge in [-0.1, -0.05) is 47.2 Å². The largest absolute Gasteiger partial charge is 0.409 e. The lowest BCUT2D eigenvalue weighted by molar-refractivity contribution is 0.318. The lowest BCUT2D eigenvalue weighted by atomic mass is 10.1. The Bertz CT molecular complexity index is 765. The van der Waals surface area contributed by atoms with Gasteiger partial charge in [-0.3, -0.25) is 0 Å². The number of oxime groups is 1. The van der Waals surface area contributed by atoms with E-state index >= 15 is 0 Å². The molecule has 2 aromatic carbocycles. The lowest BCUT2D eigenvalue weighted by Gasteiger charge is -2.02. The second kappa shape index (κ2) is 6.15. The highest BCUT2D eigenvalue weighted by atomic mass is 32.2. The molecule has 0 saturated carbocycles. The zero-order chi connectivity index (χ0) is 14.7. The van der Waals surface area contributed by atoms with Gasteiger partial charge in [-0.05, 0) is 23.8 Å². The van der Waals surface area contributed by atoms with Crippen LogP contribution in [0.3, 0.4) is 0 Å². The summed E-state index contributed by atoms with van der Waals surface area (Å²) in [6.45, 7) is 0. The molecule has 4 nitrogen and oxygen atoms in total. The van der Waals surface area contributed by atoms with Crippen molar-refractivity contribution in [3.63, 3.8) is 0 Å². The smallest absolute Gasteiger partial charge is 0.170 e. The van der Waals surface area contributed by atoms with Crippen molar-refractivity contribution >= 4 is 39.2 Å². The first-order valence-corrected chi connectivity index (χ1v) is 8.11. The molecular weight excluding hydrogens is 302 g/mol. The van der Waals surface area contributed by atoms with Crippen molar-refractivity contribution in [1.29, 1.82) is 0 Å². The molecule has 1 aromatic heterocycles. The first-order chi connectivity index (χ1) is 10.3. The molecule has 0 radical (unpaired) electrons. The highest BCUT2D eigenvalue weighted by Crippen LogP contribution is 2.31. The lowest BCUT2D eigenvalue weighted by Crippen LogP contribution is -2.13. The number of hydrogen-bond donors (Lipinski definition) is 2. The molecule has 0 spiro atoms. The van der Waals surface area contributed by atoms with Gasteiger partial charge in [0.25, 0.3) is 0 Å². The van der Waals surface area contributed by atoms with Crippen molar-refractivity contribution in [3.05, 3.63) is 59.7 Å². The normalized spacial score (nSPS) is 11.9. The maximum absolute atomic E-state index is 8.72. The van der Waals surface area contributed by atoms with Crippen molar-refractivity contribution in [2.75, 3.05) is 0 Å². The average molecular weight is 315 g/mol. The minimum atomic E-state index is 0.127. The van der Waals surface area contributed by atoms with Gasteiger partial charge in [0.1, 0.15) is 0 Å². The monoisotopic (exact) mass is 315 g/mol. The summed E-state index contributed by atoms with van der Waals surface area (Å²) < 4.78 is 2.25. The van der Waals surface area contributed by atoms with Gasteiger partial charge < -0.3 is 10.9 Å². The van der Waals surface area contributed by atoms with Crippen LogP contribution < -0.4 is 5.73 Å². The van der Waals surface area contributed by atoms with Crippen LogP contribution in [-0.4, -0.2) is 16.0 Å². The zero-order valence-corrected chi connectivity index (χ0v) is 12.7. The van der Waals surface area contributed by atoms with Crippen LogP contribution in [0, 0.1) is 0 Å². The number of nitrogens with zero attached hydrogens (tertiary/aromatic N) is 2. The number of amidine groups is 1. The first-order valence-electron chi connectivity index (χ1n) is 6.31. The van der Waals surface area contributed by atoms with Crippen molar-refractivity contribution < 1.29 is 5.21 Å². The highest BCUT2D eigenvalue weighted by Gasteiger charge is 2.05. The predicted octanol–water partition coefficient (Wildman–Crippen LogP) is 3.68. The Balaban J connectivity index is 1.75. The molecule has 0 bridgehead atoms. The summed E-state index contributed by atoms with van der Waals surface area (Å²) in [5.74, 6) is 0.925. The second-order valence-corrected chi connectivity index (χ2v) is 6.67. The maximum Gasteiger partial charge on any atom is 0.170 e. The van der Waals surface area contributed by atoms with E-state index in [-0.39, 0.29) is 5.84 Å². The maximum atomic E-state index is 8.72. The van der Waals surface area contributed by atoms with E-state index in [1.54, 1.807) is 23.1 Å². The quantitative estimate of drug-likeness (QED) is 0.253. The number of rotatable bonds is 4. The summed E-state index contributed by atoms with van der Waals surface area (Å²) in [6, 6.07) is 15.8. The third-order valence-corrected chi connectivity index (χ3v) is 5.22. The molecule has 106 valence electrons. The van der Waals surface area contributed by atoms with E-state index in [2.05, 4.69) is 16.2 Å². The van der Waals surface area contributed by atoms with Crippen LogP contribution >= 0.6 is 23.1 Å². The van der Waals surface area contributed by atoms with Crippen LogP contribution in [0.25, 0.3) is 10.2 Å². The molecule has 0 aliphatic heterocycles. The summed E-state index contributed by atoms with van der Waals surface area (Å²) in [6.07, 6.45) is 0. The molecule has 0 unspecified atom stereocenters. The number of para-hydroxylation sites is 1. The number of benzene rings is 2. The van der Waals surface area contributed by atoms with E-state index in [1.807, 2.05) is 42.5 Å². The second-order valence-electron chi connectivity index (χ2n) is 4.42. The van der Waals surface area contributed by atoms with Crippen LogP contribution in [0.15, 0.2) is 58.0 Å². The van der Waals surface area contributed by atoms with Crippen LogP contribution in [0.4, 0.5) is 0 Å². The van der Waals surface area contributed by atoms with Gasteiger partial charge in [0.05, 0.1) is 10.2 Å². The van der Waals surface area contributed by atoms with E-state index in [1.165, 1.54) is 4.70 Å². The number of thioether (sulfide) groups is 1. The number of thiazole rings is 1. The Labute approximate surface area is 130 Å². The van der Waals surface area contributed by atoms with Crippen molar-refractivity contribution in [2.24, 2.45) is 10.9 Å². The third-order valence-electron chi connectivity index (χ3n) is 2.97. The molecule has 6 heteroatoms. The van der Waals surface area contributed by atoms with E-state index in [0.717, 1.165) is 26.7 Å². The zero-order valence-electron chi connectivity index (χ0n) is 11.1. The number of aromatic nitrogens is 1. The minimum Gasteiger partial charge on any atom is -0.409 e. The average Bonchev–Trinajstić information content (AvgIpc) is 2.95. The number of hydrogen-bond acceptors (Lipinski definition) is 5. The van der Waals surface area contributed by atoms with Crippen LogP contribution in [0.1, 0.15) is 11.1 Å². The summed E-state index contributed by atoms with van der Waals surface area (Å²) in [7, 11) is 0. The molecule has 21 heavy (non-hydrogen) atoms. The first kappa shape index (κ1) is 13.9. The van der Waals surface area contributed by atoms with E-state index < -0.39 is 0 Å². The molecule has 0 saturated heterocycles. The summed E-state index contributed by atoms with van der Waals surface area (Å²) in [4.78, 5) is 4.59. The third kappa shape index (κ3) is 3.17. The van der Waals surface area contributed by atoms with Crippen molar-refractivity contribution in [2.45, 2.75) is 10.1 Å². The minimum absolute atomic E-state index is 0.127. The summed E-state index contributed by atoms with van der Waals surface area (Å²) in [5.41, 5.74) is 8.48. The van der Waals surface area contributed by atoms with Gasteiger partial charge in [0.15, 0.2) is 10.2 Å². The fraction of sp³-hybridized carbons (Fsp3) is 0.0667. The molecule has 1 heterocycles. The molecule has 3 rings (SSSR count). The van der Waals surface area contributed by atoms with Crippen molar-refractivity contribution in [1.82, 2.24) is 4.98 Å². The van der Waals surface area contributed by atoms with Gasteiger partial charge in [0, 0.05) is 11.3 Å². The van der Waals surface area contributed by atoms with E-state index in [0.29, 0.717) is 0 Å². The Kier molecular flexibility index (Phi) is 4.08. The number of fused-ring (bicyclic) bond motifs is 1. The van der Waals surface area contributed by atoms with Gasteiger partial charge in [-0.15, -0.1) is 11.3 Å². The Morgan fingerprint density at radius 1 is 1.24 bits per heavy atom. The number of nitrogens with two attached hydrogens (primary N) is 1. The topological polar surface area (TPSA) is 71.5 Å². The van der Waals surface area contributed by atoms with E-state index in [4.69, 9.17) is 10.9 Å². The molecule has 3 aromatic rings. The Morgan fingerprint density at radius 3 is 2.90 bits per heavy atom. The standard InChI is InChI=1S/C15H13N3OS2/c16-14(18-19)11-5-3-4-10(8-11)9-20-15-17-12-6-1-2-7-13(12)21-15/h1-8,19H,9H2,(H2,16,18). The van der Waals surface area contributed by atoms with Gasteiger partial charge >= 0.3 is 0 Å². The molecule has 0 aliphatic carbocycles. The molecule has 0 fully saturated rings. The van der Waals surface area contributed by atoms with E-state index in [9.17, 15) is 0 Å². The predicted molar refractivity (Wildman–Crippen MR) is 88.1 cm³/mol. The molecule has 3 N–H and O–H groups in total. The van der Waals surface area contributed by atoms with Crippen LogP contribution in [0.5, 0.6) is 0 Å². The van der Waals surface area contributed by atoms with Gasteiger partial charge in [-0.2, -0.15) is 0 Å². The highest BCUT2D eigenvalue weighted by molar-refractivity contribution is 8.00. The van der Waals surface area contributed by atoms with Gasteiger partial charge in [-0.25, -0.2) is 4.98 Å². The fourth-order valence-corrected chi connectivity index (χ4v) is 3.95. The molecular formula is C15H13N3OS2. The van der Waals surface area contributed by atoms with Crippen LogP contribution in [-0.2, 0) is 5.75 Å². The Morgan fingerprint density at radius 2 is 2.10 bits per heavy atom. The summed E-state index contributed by atoms with van der Waals surface area (Å²) in [5, 5.41) is 11.7. The molecule has 0 amide bonds. The Hall–Kier alpha value is -2.05. The molecule has 0 atom stereocenters. The van der Waals surface area contributed by atoms with Crippen molar-refractivity contribution in [3.8, 4) is 0 Å². The summed E-state index contributed by atoms with van der Waals surface area (Å²) >= 11 is 3.39. The molecule has 0 aliphatic rings. The van der Waals surface area contributed by atoms with Gasteiger partial charge in [0.2, 0.25) is 0 Å². The van der Waals surface area contributed by atoms with Crippen LogP contribution in [0.2, 0.25) is 0 Å². The SMILES string of the molecule is N/C(=N\O)c1cccc(CSc2nc3ccccc3s2)c1. The fourth-order valence-electron chi connectivity index (χ4n) is 1.94.